The molecular weight excluding hydrogens is 77.0 g/mol. The van der Waals surface area contributed by atoms with Crippen molar-refractivity contribution in [3.63, 3.8) is 0 Å². The molecule has 0 saturated heterocycles. The van der Waals surface area contributed by atoms with Crippen LogP contribution >= 0.6 is 0 Å². The fraction of sp³-hybridized carbons (Fsp3) is 0.400. The maximum Gasteiger partial charge on any atom is 0.105 e. The first kappa shape index (κ1) is 5.70. The maximum atomic E-state index is 4.74. The Kier molecular flexibility index (Phi) is 4.46. The number of hydrogen-bond acceptors (Lipinski definition) is 1. The molecule has 0 rings (SSSR count). The number of hydrogen-bond donors (Lipinski definition) is 0. The lowest BCUT2D eigenvalue weighted by molar-refractivity contribution is 0.233. The van der Waals surface area contributed by atoms with E-state index in [0.29, 0.717) is 0 Å². The molecule has 1 heteroatoms. The highest BCUT2D eigenvalue weighted by Crippen LogP contribution is 1.77. The van der Waals surface area contributed by atoms with Gasteiger partial charge < -0.3 is 4.74 Å². The van der Waals surface area contributed by atoms with Crippen LogP contribution in [-0.4, -0.2) is 6.61 Å². The van der Waals surface area contributed by atoms with Gasteiger partial charge in [0.2, 0.25) is 0 Å². The van der Waals surface area contributed by atoms with Crippen LogP contribution in [0.25, 0.3) is 0 Å². The van der Waals surface area contributed by atoms with Gasteiger partial charge in [-0.25, -0.2) is 0 Å². The zero-order valence-corrected chi connectivity index (χ0v) is 3.98. The van der Waals surface area contributed by atoms with E-state index in [1.165, 1.54) is 0 Å². The van der Waals surface area contributed by atoms with Gasteiger partial charge in [-0.3, -0.25) is 0 Å². The van der Waals surface area contributed by atoms with Crippen molar-refractivity contribution < 1.29 is 4.74 Å². The lowest BCUT2D eigenvalue weighted by atomic mass is 10.7. The predicted octanol–water partition coefficient (Wildman–Crippen LogP) is 1.37. The summed E-state index contributed by atoms with van der Waals surface area (Å²) in [4.78, 5) is 0. The van der Waals surface area contributed by atoms with Crippen LogP contribution in [0.5, 0.6) is 0 Å². The van der Waals surface area contributed by atoms with Gasteiger partial charge in [0.25, 0.3) is 0 Å². The van der Waals surface area contributed by atoms with Gasteiger partial charge in [0.15, 0.2) is 0 Å². The van der Waals surface area contributed by atoms with Gasteiger partial charge in [-0.2, -0.15) is 0 Å². The molecule has 0 aromatic carbocycles. The van der Waals surface area contributed by atoms with Crippen molar-refractivity contribution >= 4 is 0 Å². The largest absolute Gasteiger partial charge is 0.371 e. The predicted molar refractivity (Wildman–Crippen MR) is 26.1 cm³/mol. The first-order valence-electron chi connectivity index (χ1n) is 1.97. The molecule has 0 unspecified atom stereocenters. The third-order valence-electron chi connectivity index (χ3n) is 0.359. The molecule has 0 fully saturated rings. The molecule has 0 bridgehead atoms. The fourth-order valence-corrected chi connectivity index (χ4v) is 0.164. The van der Waals surface area contributed by atoms with Gasteiger partial charge in [0.1, 0.15) is 6.61 Å². The summed E-state index contributed by atoms with van der Waals surface area (Å²) in [5.41, 5.74) is 0. The second-order valence-corrected chi connectivity index (χ2v) is 0.827. The molecule has 0 spiro atoms. The van der Waals surface area contributed by atoms with E-state index in [1.54, 1.807) is 12.7 Å². The highest BCUT2D eigenvalue weighted by atomic mass is 16.5. The van der Waals surface area contributed by atoms with Crippen molar-refractivity contribution in [2.24, 2.45) is 0 Å². The molecule has 0 aromatic rings. The third-order valence-corrected chi connectivity index (χ3v) is 0.359. The second-order valence-electron chi connectivity index (χ2n) is 0.827. The monoisotopic (exact) mass is 86.1 g/mol. The van der Waals surface area contributed by atoms with Crippen LogP contribution in [0.4, 0.5) is 0 Å². The standard InChI is InChI=1S/C5H9O/c1-3-5-6-4-2/h3,5H,1,4H2,2H3/i4+1. The van der Waals surface area contributed by atoms with Gasteiger partial charge in [0.05, 0.1) is 0 Å². The number of ether oxygens (including phenoxy) is 1. The lowest BCUT2D eigenvalue weighted by Crippen LogP contribution is -1.79. The van der Waals surface area contributed by atoms with Crippen molar-refractivity contribution in [2.45, 2.75) is 6.92 Å². The van der Waals surface area contributed by atoms with Crippen molar-refractivity contribution in [1.29, 1.82) is 0 Å². The Morgan fingerprint density at radius 3 is 2.67 bits per heavy atom. The smallest absolute Gasteiger partial charge is 0.105 e. The van der Waals surface area contributed by atoms with Crippen LogP contribution in [-0.2, 0) is 4.74 Å². The first-order chi connectivity index (χ1) is 2.91. The van der Waals surface area contributed by atoms with E-state index in [1.807, 2.05) is 6.92 Å². The van der Waals surface area contributed by atoms with Gasteiger partial charge in [-0.05, 0) is 6.92 Å². The normalized spacial score (nSPS) is 8.17. The molecule has 0 heterocycles. The summed E-state index contributed by atoms with van der Waals surface area (Å²) in [5.74, 6) is 0. The van der Waals surface area contributed by atoms with E-state index in [9.17, 15) is 0 Å². The topological polar surface area (TPSA) is 9.23 Å². The zero-order valence-electron chi connectivity index (χ0n) is 3.98. The highest BCUT2D eigenvalue weighted by molar-refractivity contribution is 4.76. The minimum absolute atomic E-state index is 0.728. The summed E-state index contributed by atoms with van der Waals surface area (Å²) in [7, 11) is 0. The van der Waals surface area contributed by atoms with E-state index in [4.69, 9.17) is 4.74 Å². The lowest BCUT2D eigenvalue weighted by Gasteiger charge is -1.87. The summed E-state index contributed by atoms with van der Waals surface area (Å²) in [5, 5.41) is 0. The first-order valence-corrected chi connectivity index (χ1v) is 1.97. The molecule has 0 aliphatic carbocycles. The Morgan fingerprint density at radius 1 is 1.83 bits per heavy atom. The molecule has 0 saturated carbocycles. The molecule has 6 heavy (non-hydrogen) atoms. The van der Waals surface area contributed by atoms with E-state index >= 15 is 0 Å². The molecule has 0 aliphatic rings. The van der Waals surface area contributed by atoms with Crippen molar-refractivity contribution in [1.82, 2.24) is 0 Å². The Morgan fingerprint density at radius 2 is 2.50 bits per heavy atom. The van der Waals surface area contributed by atoms with Gasteiger partial charge >= 0.3 is 0 Å². The Labute approximate surface area is 38.6 Å². The quantitative estimate of drug-likeness (QED) is 0.372. The highest BCUT2D eigenvalue weighted by Gasteiger charge is 1.69. The molecule has 0 aliphatic heterocycles. The second kappa shape index (κ2) is 4.70. The molecule has 1 radical (unpaired) electrons. The van der Waals surface area contributed by atoms with E-state index in [0.717, 1.165) is 6.61 Å². The van der Waals surface area contributed by atoms with Gasteiger partial charge in [0, 0.05) is 6.61 Å². The summed E-state index contributed by atoms with van der Waals surface area (Å²) in [6.07, 6.45) is 1.61. The number of rotatable bonds is 3. The van der Waals surface area contributed by atoms with E-state index in [-0.39, 0.29) is 0 Å². The Hall–Kier alpha value is -0.300. The summed E-state index contributed by atoms with van der Waals surface area (Å²) in [6.45, 7) is 7.65. The Balaban J connectivity index is 2.49. The van der Waals surface area contributed by atoms with Crippen LogP contribution in [0.15, 0.2) is 12.7 Å². The minimum Gasteiger partial charge on any atom is -0.371 e. The van der Waals surface area contributed by atoms with Crippen LogP contribution in [0.3, 0.4) is 0 Å². The molecule has 0 amide bonds. The van der Waals surface area contributed by atoms with Gasteiger partial charge in [-0.15, -0.1) is 6.58 Å². The van der Waals surface area contributed by atoms with E-state index < -0.39 is 0 Å². The van der Waals surface area contributed by atoms with Crippen molar-refractivity contribution in [3.05, 3.63) is 19.3 Å². The zero-order chi connectivity index (χ0) is 4.83. The van der Waals surface area contributed by atoms with Crippen LogP contribution in [0.1, 0.15) is 6.92 Å². The Bertz CT molecular complexity index is 32.9. The molecule has 0 N–H and O–H groups in total. The molecule has 0 atom stereocenters. The molecule has 0 aromatic heterocycles. The molecule has 1 nitrogen and oxygen atoms in total. The molecular formula is C5H9O. The summed E-state index contributed by atoms with van der Waals surface area (Å²) < 4.78 is 4.74. The van der Waals surface area contributed by atoms with Crippen LogP contribution in [0.2, 0.25) is 0 Å². The average molecular weight is 86.1 g/mol. The SMILES string of the molecule is C=C[CH]O[13CH2]C. The minimum atomic E-state index is 0.728. The van der Waals surface area contributed by atoms with Crippen molar-refractivity contribution in [3.8, 4) is 0 Å². The van der Waals surface area contributed by atoms with Crippen molar-refractivity contribution in [2.75, 3.05) is 6.61 Å². The van der Waals surface area contributed by atoms with E-state index in [2.05, 4.69) is 6.58 Å². The summed E-state index contributed by atoms with van der Waals surface area (Å²) >= 11 is 0. The van der Waals surface area contributed by atoms with Gasteiger partial charge in [-0.1, -0.05) is 6.08 Å². The summed E-state index contributed by atoms with van der Waals surface area (Å²) in [6, 6.07) is 0. The fourth-order valence-electron chi connectivity index (χ4n) is 0.164. The van der Waals surface area contributed by atoms with Crippen LogP contribution < -0.4 is 0 Å². The maximum absolute atomic E-state index is 4.74. The third kappa shape index (κ3) is 3.70. The average Bonchev–Trinajstić information content (AvgIpc) is 1.61. The van der Waals surface area contributed by atoms with Crippen LogP contribution in [0, 0.1) is 6.61 Å². The molecule has 35 valence electrons.